The maximum absolute atomic E-state index is 13.4. The maximum Gasteiger partial charge on any atom is 0.254 e. The number of phenolic OH excluding ortho intramolecular Hbond substituents is 1. The molecule has 1 saturated heterocycles. The van der Waals surface area contributed by atoms with Gasteiger partial charge >= 0.3 is 0 Å². The van der Waals surface area contributed by atoms with Crippen LogP contribution in [0, 0.1) is 5.82 Å². The molecule has 5 rings (SSSR count). The molecule has 3 heterocycles. The van der Waals surface area contributed by atoms with E-state index in [0.29, 0.717) is 30.9 Å². The summed E-state index contributed by atoms with van der Waals surface area (Å²) in [5.41, 5.74) is 1.87. The van der Waals surface area contributed by atoms with Crippen LogP contribution in [0.2, 0.25) is 0 Å². The number of nitrogens with one attached hydrogen (secondary N) is 1. The number of hydrogen-bond acceptors (Lipinski definition) is 5. The number of hydrogen-bond donors (Lipinski definition) is 2. The number of halogens is 1. The third-order valence-electron chi connectivity index (χ3n) is 6.36. The van der Waals surface area contributed by atoms with Gasteiger partial charge in [0.2, 0.25) is 0 Å². The first-order chi connectivity index (χ1) is 15.0. The summed E-state index contributed by atoms with van der Waals surface area (Å²) in [5, 5.41) is 9.65. The SMILES string of the molecule is O=C(c1ccc(F)c(O)c1)N1CCCC2(CCc3c2nc(-c2cccnc2)[nH]c3=O)C1. The lowest BCUT2D eigenvalue weighted by molar-refractivity contribution is 0.0633. The fraction of sp³-hybridized carbons (Fsp3) is 0.304. The monoisotopic (exact) mass is 420 g/mol. The number of phenols is 1. The smallest absolute Gasteiger partial charge is 0.254 e. The molecule has 7 nitrogen and oxygen atoms in total. The number of fused-ring (bicyclic) bond motifs is 2. The molecule has 2 N–H and O–H groups in total. The molecule has 31 heavy (non-hydrogen) atoms. The van der Waals surface area contributed by atoms with E-state index in [-0.39, 0.29) is 17.0 Å². The van der Waals surface area contributed by atoms with E-state index in [1.54, 1.807) is 23.4 Å². The van der Waals surface area contributed by atoms with Crippen LogP contribution in [0.5, 0.6) is 5.75 Å². The normalized spacial score (nSPS) is 20.1. The van der Waals surface area contributed by atoms with Crippen LogP contribution in [0.15, 0.2) is 47.5 Å². The van der Waals surface area contributed by atoms with E-state index in [9.17, 15) is 19.1 Å². The van der Waals surface area contributed by atoms with Crippen LogP contribution in [0.3, 0.4) is 0 Å². The standard InChI is InChI=1S/C23H21FN4O3/c24-17-5-4-14(11-18(17)29)22(31)28-10-2-7-23(13-28)8-6-16-19(23)26-20(27-21(16)30)15-3-1-9-25-12-15/h1,3-5,9,11-12,29H,2,6-8,10,13H2,(H,26,27,30). The lowest BCUT2D eigenvalue weighted by Gasteiger charge is -2.40. The Kier molecular flexibility index (Phi) is 4.57. The first-order valence-corrected chi connectivity index (χ1v) is 10.3. The predicted octanol–water partition coefficient (Wildman–Crippen LogP) is 2.80. The van der Waals surface area contributed by atoms with E-state index in [1.165, 1.54) is 6.07 Å². The molecule has 1 aromatic carbocycles. The number of carbonyl (C=O) groups is 1. The lowest BCUT2D eigenvalue weighted by atomic mass is 9.77. The van der Waals surface area contributed by atoms with Crippen molar-refractivity contribution in [2.24, 2.45) is 0 Å². The van der Waals surface area contributed by atoms with Gasteiger partial charge in [0.25, 0.3) is 11.5 Å². The van der Waals surface area contributed by atoms with Gasteiger partial charge in [-0.1, -0.05) is 0 Å². The zero-order chi connectivity index (χ0) is 21.6. The van der Waals surface area contributed by atoms with Gasteiger partial charge in [-0.15, -0.1) is 0 Å². The van der Waals surface area contributed by atoms with Gasteiger partial charge in [0, 0.05) is 47.6 Å². The van der Waals surface area contributed by atoms with E-state index in [1.807, 2.05) is 6.07 Å². The number of H-pyrrole nitrogens is 1. The highest BCUT2D eigenvalue weighted by molar-refractivity contribution is 5.94. The summed E-state index contributed by atoms with van der Waals surface area (Å²) in [7, 11) is 0. The van der Waals surface area contributed by atoms with Gasteiger partial charge in [-0.05, 0) is 56.0 Å². The second-order valence-corrected chi connectivity index (χ2v) is 8.26. The molecular weight excluding hydrogens is 399 g/mol. The number of nitrogens with zero attached hydrogens (tertiary/aromatic N) is 3. The predicted molar refractivity (Wildman–Crippen MR) is 111 cm³/mol. The minimum absolute atomic E-state index is 0.146. The van der Waals surface area contributed by atoms with Gasteiger partial charge in [0.1, 0.15) is 5.82 Å². The molecule has 1 unspecified atom stereocenters. The van der Waals surface area contributed by atoms with Crippen molar-refractivity contribution in [1.29, 1.82) is 0 Å². The number of aromatic hydroxyl groups is 1. The highest BCUT2D eigenvalue weighted by Crippen LogP contribution is 2.43. The molecule has 0 saturated carbocycles. The van der Waals surface area contributed by atoms with Crippen LogP contribution < -0.4 is 5.56 Å². The van der Waals surface area contributed by atoms with Gasteiger partial charge in [0.15, 0.2) is 11.6 Å². The summed E-state index contributed by atoms with van der Waals surface area (Å²) < 4.78 is 13.4. The van der Waals surface area contributed by atoms with Crippen LogP contribution in [0.25, 0.3) is 11.4 Å². The van der Waals surface area contributed by atoms with Crippen LogP contribution in [-0.2, 0) is 11.8 Å². The average molecular weight is 420 g/mol. The minimum Gasteiger partial charge on any atom is -0.505 e. The fourth-order valence-corrected chi connectivity index (χ4v) is 4.82. The first kappa shape index (κ1) is 19.4. The minimum atomic E-state index is -0.761. The number of amides is 1. The number of carbonyl (C=O) groups excluding carboxylic acids is 1. The molecule has 1 aliphatic carbocycles. The Balaban J connectivity index is 1.50. The quantitative estimate of drug-likeness (QED) is 0.664. The molecule has 0 radical (unpaired) electrons. The lowest BCUT2D eigenvalue weighted by Crippen LogP contribution is -2.48. The van der Waals surface area contributed by atoms with Crippen LogP contribution in [0.1, 0.15) is 40.9 Å². The van der Waals surface area contributed by atoms with E-state index in [4.69, 9.17) is 4.98 Å². The molecule has 1 spiro atoms. The number of pyridine rings is 1. The summed E-state index contributed by atoms with van der Waals surface area (Å²) >= 11 is 0. The zero-order valence-corrected chi connectivity index (χ0v) is 16.8. The molecule has 1 aliphatic heterocycles. The summed E-state index contributed by atoms with van der Waals surface area (Å²) in [6.45, 7) is 0.993. The first-order valence-electron chi connectivity index (χ1n) is 10.3. The highest BCUT2D eigenvalue weighted by Gasteiger charge is 2.45. The van der Waals surface area contributed by atoms with E-state index in [0.717, 1.165) is 42.7 Å². The van der Waals surface area contributed by atoms with Gasteiger partial charge in [-0.2, -0.15) is 0 Å². The average Bonchev–Trinajstić information content (AvgIpc) is 3.14. The van der Waals surface area contributed by atoms with Crippen LogP contribution in [0.4, 0.5) is 4.39 Å². The third-order valence-corrected chi connectivity index (χ3v) is 6.36. The number of benzene rings is 1. The molecule has 8 heteroatoms. The van der Waals surface area contributed by atoms with Gasteiger partial charge in [-0.25, -0.2) is 9.37 Å². The highest BCUT2D eigenvalue weighted by atomic mass is 19.1. The Labute approximate surface area is 177 Å². The maximum atomic E-state index is 13.4. The molecule has 0 bridgehead atoms. The molecule has 3 aromatic rings. The van der Waals surface area contributed by atoms with Gasteiger partial charge in [-0.3, -0.25) is 14.6 Å². The summed E-state index contributed by atoms with van der Waals surface area (Å²) in [6.07, 6.45) is 6.28. The fourth-order valence-electron chi connectivity index (χ4n) is 4.82. The van der Waals surface area contributed by atoms with Crippen LogP contribution >= 0.6 is 0 Å². The number of aromatic nitrogens is 3. The van der Waals surface area contributed by atoms with Crippen molar-refractivity contribution in [3.05, 3.63) is 75.7 Å². The largest absolute Gasteiger partial charge is 0.505 e. The van der Waals surface area contributed by atoms with Crippen molar-refractivity contribution in [2.45, 2.75) is 31.1 Å². The Hall–Kier alpha value is -3.55. The molecule has 1 amide bonds. The Morgan fingerprint density at radius 3 is 2.90 bits per heavy atom. The molecule has 1 atom stereocenters. The molecular formula is C23H21FN4O3. The Bertz CT molecular complexity index is 1230. The second-order valence-electron chi connectivity index (χ2n) is 8.26. The van der Waals surface area contributed by atoms with Crippen molar-refractivity contribution in [3.63, 3.8) is 0 Å². The van der Waals surface area contributed by atoms with Gasteiger partial charge in [0.05, 0.1) is 5.69 Å². The van der Waals surface area contributed by atoms with E-state index < -0.39 is 17.0 Å². The van der Waals surface area contributed by atoms with Crippen molar-refractivity contribution in [3.8, 4) is 17.1 Å². The number of likely N-dealkylation sites (tertiary alicyclic amines) is 1. The Morgan fingerprint density at radius 2 is 2.13 bits per heavy atom. The van der Waals surface area contributed by atoms with Crippen molar-refractivity contribution in [1.82, 2.24) is 19.9 Å². The van der Waals surface area contributed by atoms with Crippen molar-refractivity contribution < 1.29 is 14.3 Å². The Morgan fingerprint density at radius 1 is 1.26 bits per heavy atom. The van der Waals surface area contributed by atoms with E-state index in [2.05, 4.69) is 9.97 Å². The summed E-state index contributed by atoms with van der Waals surface area (Å²) in [5.74, 6) is -1.09. The molecule has 2 aliphatic rings. The second kappa shape index (κ2) is 7.30. The van der Waals surface area contributed by atoms with Crippen LogP contribution in [-0.4, -0.2) is 44.0 Å². The topological polar surface area (TPSA) is 99.2 Å². The number of rotatable bonds is 2. The number of aromatic amines is 1. The zero-order valence-electron chi connectivity index (χ0n) is 16.8. The molecule has 1 fully saturated rings. The summed E-state index contributed by atoms with van der Waals surface area (Å²) in [6, 6.07) is 7.26. The molecule has 158 valence electrons. The van der Waals surface area contributed by atoms with E-state index >= 15 is 0 Å². The van der Waals surface area contributed by atoms with Crippen molar-refractivity contribution in [2.75, 3.05) is 13.1 Å². The molecule has 2 aromatic heterocycles. The number of piperidine rings is 1. The third kappa shape index (κ3) is 3.28. The summed E-state index contributed by atoms with van der Waals surface area (Å²) in [4.78, 5) is 39.4. The van der Waals surface area contributed by atoms with Gasteiger partial charge < -0.3 is 15.0 Å². The van der Waals surface area contributed by atoms with Crippen molar-refractivity contribution >= 4 is 5.91 Å².